The summed E-state index contributed by atoms with van der Waals surface area (Å²) in [6.07, 6.45) is 9.52. The van der Waals surface area contributed by atoms with Gasteiger partial charge in [0.15, 0.2) is 0 Å². The molecule has 1 aliphatic heterocycles. The number of carbonyl (C=O) groups excluding carboxylic acids is 3. The number of primary amides is 1. The van der Waals surface area contributed by atoms with Crippen LogP contribution in [-0.4, -0.2) is 41.8 Å². The van der Waals surface area contributed by atoms with Gasteiger partial charge in [-0.1, -0.05) is 40.0 Å². The van der Waals surface area contributed by atoms with E-state index in [1.165, 1.54) is 25.7 Å². The highest BCUT2D eigenvalue weighted by atomic mass is 16.2. The van der Waals surface area contributed by atoms with Crippen LogP contribution >= 0.6 is 0 Å². The third kappa shape index (κ3) is 7.00. The van der Waals surface area contributed by atoms with Gasteiger partial charge >= 0.3 is 0 Å². The molecule has 0 spiro atoms. The molecule has 1 heterocycles. The van der Waals surface area contributed by atoms with Crippen LogP contribution in [0.4, 0.5) is 0 Å². The molecule has 1 saturated carbocycles. The van der Waals surface area contributed by atoms with Crippen molar-refractivity contribution in [1.29, 1.82) is 0 Å². The summed E-state index contributed by atoms with van der Waals surface area (Å²) in [6, 6.07) is -0.476. The van der Waals surface area contributed by atoms with Gasteiger partial charge in [-0.25, -0.2) is 0 Å². The number of amides is 3. The highest BCUT2D eigenvalue weighted by molar-refractivity contribution is 5.91. The number of carbonyl (C=O) groups is 3. The normalized spacial score (nSPS) is 23.1. The van der Waals surface area contributed by atoms with E-state index in [2.05, 4.69) is 5.32 Å². The molecule has 6 nitrogen and oxygen atoms in total. The first-order valence-corrected chi connectivity index (χ1v) is 11.7. The van der Waals surface area contributed by atoms with Crippen molar-refractivity contribution in [1.82, 2.24) is 10.2 Å². The summed E-state index contributed by atoms with van der Waals surface area (Å²) in [6.45, 7) is 7.70. The third-order valence-electron chi connectivity index (χ3n) is 6.56. The maximum Gasteiger partial charge on any atom is 0.245 e. The van der Waals surface area contributed by atoms with Gasteiger partial charge in [0.05, 0.1) is 0 Å². The SMILES string of the molecule is CCCC(C(N)=O)C(CC(C)C)C(=O)N[C@H]1CCCCN(CC2CCCC2)C1=O. The van der Waals surface area contributed by atoms with Gasteiger partial charge in [-0.2, -0.15) is 0 Å². The first-order valence-electron chi connectivity index (χ1n) is 11.7. The van der Waals surface area contributed by atoms with E-state index in [0.29, 0.717) is 25.2 Å². The van der Waals surface area contributed by atoms with Gasteiger partial charge in [0, 0.05) is 24.9 Å². The zero-order valence-corrected chi connectivity index (χ0v) is 18.6. The molecule has 166 valence electrons. The van der Waals surface area contributed by atoms with Crippen LogP contribution in [0.25, 0.3) is 0 Å². The number of nitrogens with zero attached hydrogens (tertiary/aromatic N) is 1. The highest BCUT2D eigenvalue weighted by Gasteiger charge is 2.36. The number of rotatable bonds is 10. The van der Waals surface area contributed by atoms with E-state index in [9.17, 15) is 14.4 Å². The summed E-state index contributed by atoms with van der Waals surface area (Å²) >= 11 is 0. The molecule has 1 saturated heterocycles. The fourth-order valence-corrected chi connectivity index (χ4v) is 5.02. The predicted octanol–water partition coefficient (Wildman–Crippen LogP) is 3.24. The van der Waals surface area contributed by atoms with E-state index in [0.717, 1.165) is 32.4 Å². The lowest BCUT2D eigenvalue weighted by atomic mass is 9.81. The molecule has 29 heavy (non-hydrogen) atoms. The number of likely N-dealkylation sites (tertiary alicyclic amines) is 1. The van der Waals surface area contributed by atoms with Crippen LogP contribution in [-0.2, 0) is 14.4 Å². The fraction of sp³-hybridized carbons (Fsp3) is 0.870. The molecule has 2 fully saturated rings. The van der Waals surface area contributed by atoms with Gasteiger partial charge in [0.25, 0.3) is 0 Å². The molecular weight excluding hydrogens is 366 g/mol. The van der Waals surface area contributed by atoms with Crippen molar-refractivity contribution in [3.8, 4) is 0 Å². The summed E-state index contributed by atoms with van der Waals surface area (Å²) in [7, 11) is 0. The van der Waals surface area contributed by atoms with Crippen molar-refractivity contribution in [2.75, 3.05) is 13.1 Å². The number of hydrogen-bond donors (Lipinski definition) is 2. The monoisotopic (exact) mass is 407 g/mol. The summed E-state index contributed by atoms with van der Waals surface area (Å²) in [5, 5.41) is 3.02. The molecule has 0 aromatic carbocycles. The second-order valence-electron chi connectivity index (χ2n) is 9.53. The Kier molecular flexibility index (Phi) is 9.44. The van der Waals surface area contributed by atoms with Crippen molar-refractivity contribution in [3.63, 3.8) is 0 Å². The highest BCUT2D eigenvalue weighted by Crippen LogP contribution is 2.28. The zero-order valence-electron chi connectivity index (χ0n) is 18.6. The first kappa shape index (κ1) is 23.7. The van der Waals surface area contributed by atoms with Crippen molar-refractivity contribution in [2.24, 2.45) is 29.4 Å². The van der Waals surface area contributed by atoms with Gasteiger partial charge in [0.1, 0.15) is 6.04 Å². The molecule has 3 N–H and O–H groups in total. The van der Waals surface area contributed by atoms with E-state index in [1.807, 2.05) is 25.7 Å². The number of nitrogens with two attached hydrogens (primary N) is 1. The molecule has 2 rings (SSSR count). The summed E-state index contributed by atoms with van der Waals surface area (Å²) in [4.78, 5) is 40.4. The van der Waals surface area contributed by atoms with Crippen LogP contribution in [0.15, 0.2) is 0 Å². The van der Waals surface area contributed by atoms with Crippen molar-refractivity contribution < 1.29 is 14.4 Å². The van der Waals surface area contributed by atoms with E-state index in [1.54, 1.807) is 0 Å². The topological polar surface area (TPSA) is 92.5 Å². The van der Waals surface area contributed by atoms with Crippen LogP contribution < -0.4 is 11.1 Å². The van der Waals surface area contributed by atoms with Crippen LogP contribution in [0.3, 0.4) is 0 Å². The number of hydrogen-bond acceptors (Lipinski definition) is 3. The van der Waals surface area contributed by atoms with E-state index in [4.69, 9.17) is 5.73 Å². The number of nitrogens with one attached hydrogen (secondary N) is 1. The van der Waals surface area contributed by atoms with Gasteiger partial charge < -0.3 is 16.0 Å². The molecule has 0 radical (unpaired) electrons. The van der Waals surface area contributed by atoms with Crippen molar-refractivity contribution in [3.05, 3.63) is 0 Å². The molecule has 1 aliphatic carbocycles. The second-order valence-corrected chi connectivity index (χ2v) is 9.53. The molecular formula is C23H41N3O3. The van der Waals surface area contributed by atoms with Crippen LogP contribution in [0, 0.1) is 23.7 Å². The predicted molar refractivity (Wildman–Crippen MR) is 115 cm³/mol. The van der Waals surface area contributed by atoms with Gasteiger partial charge in [-0.05, 0) is 56.8 Å². The van der Waals surface area contributed by atoms with Crippen LogP contribution in [0.5, 0.6) is 0 Å². The smallest absolute Gasteiger partial charge is 0.245 e. The Balaban J connectivity index is 2.08. The molecule has 0 bridgehead atoms. The van der Waals surface area contributed by atoms with Gasteiger partial charge in [0.2, 0.25) is 17.7 Å². The fourth-order valence-electron chi connectivity index (χ4n) is 5.02. The molecule has 3 atom stereocenters. The average Bonchev–Trinajstić information content (AvgIpc) is 3.11. The van der Waals surface area contributed by atoms with Crippen molar-refractivity contribution in [2.45, 2.75) is 91.0 Å². The summed E-state index contributed by atoms with van der Waals surface area (Å²) in [5.41, 5.74) is 5.64. The lowest BCUT2D eigenvalue weighted by Gasteiger charge is -2.30. The van der Waals surface area contributed by atoms with Crippen molar-refractivity contribution >= 4 is 17.7 Å². The minimum atomic E-state index is -0.476. The van der Waals surface area contributed by atoms with Crippen LogP contribution in [0.1, 0.15) is 85.0 Å². The first-order chi connectivity index (χ1) is 13.8. The Morgan fingerprint density at radius 2 is 1.76 bits per heavy atom. The average molecular weight is 408 g/mol. The van der Waals surface area contributed by atoms with E-state index >= 15 is 0 Å². The lowest BCUT2D eigenvalue weighted by molar-refractivity contribution is -0.139. The Morgan fingerprint density at radius 3 is 2.34 bits per heavy atom. The molecule has 0 aromatic heterocycles. The Morgan fingerprint density at radius 1 is 1.10 bits per heavy atom. The molecule has 3 amide bonds. The quantitative estimate of drug-likeness (QED) is 0.582. The van der Waals surface area contributed by atoms with E-state index < -0.39 is 23.8 Å². The Bertz CT molecular complexity index is 558. The molecule has 6 heteroatoms. The minimum absolute atomic E-state index is 0.0529. The van der Waals surface area contributed by atoms with Crippen LogP contribution in [0.2, 0.25) is 0 Å². The Labute approximate surface area is 176 Å². The van der Waals surface area contributed by atoms with Gasteiger partial charge in [-0.3, -0.25) is 14.4 Å². The summed E-state index contributed by atoms with van der Waals surface area (Å²) < 4.78 is 0. The molecule has 2 aliphatic rings. The Hall–Kier alpha value is -1.59. The standard InChI is InChI=1S/C23H41N3O3/c1-4-9-18(21(24)27)19(14-16(2)3)22(28)25-20-12-7-8-13-26(23(20)29)15-17-10-5-6-11-17/h16-20H,4-15H2,1-3H3,(H2,24,27)(H,25,28)/t18?,19?,20-/m0/s1. The third-order valence-corrected chi connectivity index (χ3v) is 6.56. The largest absolute Gasteiger partial charge is 0.369 e. The van der Waals surface area contributed by atoms with Gasteiger partial charge in [-0.15, -0.1) is 0 Å². The molecule has 0 aromatic rings. The maximum absolute atomic E-state index is 13.2. The second kappa shape index (κ2) is 11.6. The molecule has 2 unspecified atom stereocenters. The lowest BCUT2D eigenvalue weighted by Crippen LogP contribution is -2.51. The minimum Gasteiger partial charge on any atom is -0.369 e. The van der Waals surface area contributed by atoms with E-state index in [-0.39, 0.29) is 17.7 Å². The zero-order chi connectivity index (χ0) is 21.4. The summed E-state index contributed by atoms with van der Waals surface area (Å²) in [5.74, 6) is -0.611. The maximum atomic E-state index is 13.2.